The summed E-state index contributed by atoms with van der Waals surface area (Å²) < 4.78 is 12.9. The van der Waals surface area contributed by atoms with Crippen LogP contribution in [0.5, 0.6) is 0 Å². The molecular formula is C17H11Cl2FN4O. The van der Waals surface area contributed by atoms with Crippen LogP contribution in [0, 0.1) is 5.82 Å². The number of nitrogens with one attached hydrogen (secondary N) is 2. The van der Waals surface area contributed by atoms with Crippen molar-refractivity contribution in [3.63, 3.8) is 0 Å². The maximum Gasteiger partial charge on any atom is 0.275 e. The van der Waals surface area contributed by atoms with Gasteiger partial charge in [-0.25, -0.2) is 14.4 Å². The fourth-order valence-corrected chi connectivity index (χ4v) is 2.42. The molecule has 2 N–H and O–H groups in total. The normalized spacial score (nSPS) is 10.4. The third kappa shape index (κ3) is 4.43. The second-order valence-electron chi connectivity index (χ2n) is 5.00. The highest BCUT2D eigenvalue weighted by Crippen LogP contribution is 2.27. The molecule has 0 bridgehead atoms. The number of nitrogens with zero attached hydrogens (tertiary/aromatic N) is 2. The molecule has 5 nitrogen and oxygen atoms in total. The summed E-state index contributed by atoms with van der Waals surface area (Å²) in [7, 11) is 0. The lowest BCUT2D eigenvalue weighted by Crippen LogP contribution is -2.14. The van der Waals surface area contributed by atoms with E-state index in [1.165, 1.54) is 36.7 Å². The molecule has 1 aromatic heterocycles. The SMILES string of the molecule is O=C(Nc1ccc(F)cc1)c1cnc(Nc2ccc(Cl)cc2Cl)cn1. The molecule has 1 amide bonds. The molecule has 0 aliphatic carbocycles. The van der Waals surface area contributed by atoms with Crippen LogP contribution in [0.15, 0.2) is 54.9 Å². The van der Waals surface area contributed by atoms with E-state index in [1.807, 2.05) is 0 Å². The molecular weight excluding hydrogens is 366 g/mol. The van der Waals surface area contributed by atoms with Crippen molar-refractivity contribution in [3.8, 4) is 0 Å². The van der Waals surface area contributed by atoms with E-state index in [4.69, 9.17) is 23.2 Å². The van der Waals surface area contributed by atoms with Crippen LogP contribution >= 0.6 is 23.2 Å². The van der Waals surface area contributed by atoms with Crippen LogP contribution in [-0.2, 0) is 0 Å². The van der Waals surface area contributed by atoms with Gasteiger partial charge in [0.2, 0.25) is 0 Å². The lowest BCUT2D eigenvalue weighted by Gasteiger charge is -2.08. The van der Waals surface area contributed by atoms with Gasteiger partial charge in [0, 0.05) is 10.7 Å². The van der Waals surface area contributed by atoms with Crippen LogP contribution in [-0.4, -0.2) is 15.9 Å². The molecule has 0 unspecified atom stereocenters. The topological polar surface area (TPSA) is 66.9 Å². The van der Waals surface area contributed by atoms with Crippen molar-refractivity contribution >= 4 is 46.3 Å². The molecule has 0 aliphatic heterocycles. The molecule has 0 radical (unpaired) electrons. The van der Waals surface area contributed by atoms with Crippen molar-refractivity contribution in [3.05, 3.63) is 76.4 Å². The predicted octanol–water partition coefficient (Wildman–Crippen LogP) is 4.92. The molecule has 3 aromatic rings. The van der Waals surface area contributed by atoms with Crippen LogP contribution in [0.3, 0.4) is 0 Å². The monoisotopic (exact) mass is 376 g/mol. The first kappa shape index (κ1) is 17.1. The quantitative estimate of drug-likeness (QED) is 0.678. The molecule has 3 rings (SSSR count). The van der Waals surface area contributed by atoms with E-state index in [2.05, 4.69) is 20.6 Å². The number of halogens is 3. The second-order valence-corrected chi connectivity index (χ2v) is 5.84. The van der Waals surface area contributed by atoms with Crippen LogP contribution in [0.1, 0.15) is 10.5 Å². The lowest BCUT2D eigenvalue weighted by atomic mass is 10.3. The molecule has 25 heavy (non-hydrogen) atoms. The van der Waals surface area contributed by atoms with E-state index in [0.717, 1.165) is 0 Å². The van der Waals surface area contributed by atoms with Gasteiger partial charge in [-0.2, -0.15) is 0 Å². The van der Waals surface area contributed by atoms with Gasteiger partial charge < -0.3 is 10.6 Å². The fraction of sp³-hybridized carbons (Fsp3) is 0. The van der Waals surface area contributed by atoms with Gasteiger partial charge >= 0.3 is 0 Å². The highest BCUT2D eigenvalue weighted by Gasteiger charge is 2.09. The Labute approximate surface area is 152 Å². The number of carbonyl (C=O) groups is 1. The fourth-order valence-electron chi connectivity index (χ4n) is 1.97. The number of rotatable bonds is 4. The Bertz CT molecular complexity index is 902. The molecule has 8 heteroatoms. The van der Waals surface area contributed by atoms with E-state index < -0.39 is 5.91 Å². The van der Waals surface area contributed by atoms with Crippen molar-refractivity contribution in [1.82, 2.24) is 9.97 Å². The third-order valence-electron chi connectivity index (χ3n) is 3.18. The van der Waals surface area contributed by atoms with E-state index in [1.54, 1.807) is 18.2 Å². The van der Waals surface area contributed by atoms with Crippen LogP contribution in [0.2, 0.25) is 10.0 Å². The van der Waals surface area contributed by atoms with Gasteiger partial charge in [0.05, 0.1) is 23.1 Å². The number of anilines is 3. The van der Waals surface area contributed by atoms with Crippen molar-refractivity contribution in [2.45, 2.75) is 0 Å². The van der Waals surface area contributed by atoms with E-state index in [0.29, 0.717) is 27.2 Å². The van der Waals surface area contributed by atoms with E-state index in [-0.39, 0.29) is 11.5 Å². The predicted molar refractivity (Wildman–Crippen MR) is 96.1 cm³/mol. The summed E-state index contributed by atoms with van der Waals surface area (Å²) in [5, 5.41) is 6.55. The van der Waals surface area contributed by atoms with Gasteiger partial charge in [-0.15, -0.1) is 0 Å². The van der Waals surface area contributed by atoms with Crippen LogP contribution < -0.4 is 10.6 Å². The minimum absolute atomic E-state index is 0.122. The number of benzene rings is 2. The summed E-state index contributed by atoms with van der Waals surface area (Å²) in [6.07, 6.45) is 2.73. The van der Waals surface area contributed by atoms with Crippen molar-refractivity contribution in [1.29, 1.82) is 0 Å². The van der Waals surface area contributed by atoms with E-state index >= 15 is 0 Å². The smallest absolute Gasteiger partial charge is 0.275 e. The Kier molecular flexibility index (Phi) is 5.11. The Morgan fingerprint density at radius 1 is 1.00 bits per heavy atom. The van der Waals surface area contributed by atoms with Crippen molar-refractivity contribution in [2.24, 2.45) is 0 Å². The van der Waals surface area contributed by atoms with Crippen molar-refractivity contribution < 1.29 is 9.18 Å². The standard InChI is InChI=1S/C17H11Cl2FN4O/c18-10-1-6-14(13(19)7-10)24-16-9-21-15(8-22-16)17(25)23-12-4-2-11(20)3-5-12/h1-9H,(H,22,24)(H,23,25). The second kappa shape index (κ2) is 7.46. The zero-order chi connectivity index (χ0) is 17.8. The number of hydrogen-bond donors (Lipinski definition) is 2. The average Bonchev–Trinajstić information content (AvgIpc) is 2.60. The summed E-state index contributed by atoms with van der Waals surface area (Å²) in [5.41, 5.74) is 1.20. The van der Waals surface area contributed by atoms with Gasteiger partial charge in [-0.3, -0.25) is 4.79 Å². The zero-order valence-electron chi connectivity index (χ0n) is 12.6. The number of carbonyl (C=O) groups excluding carboxylic acids is 1. The maximum atomic E-state index is 12.9. The highest BCUT2D eigenvalue weighted by molar-refractivity contribution is 6.36. The molecule has 2 aromatic carbocycles. The Morgan fingerprint density at radius 3 is 2.40 bits per heavy atom. The Balaban J connectivity index is 1.69. The molecule has 1 heterocycles. The largest absolute Gasteiger partial charge is 0.338 e. The molecule has 0 aliphatic rings. The van der Waals surface area contributed by atoms with Crippen LogP contribution in [0.25, 0.3) is 0 Å². The highest BCUT2D eigenvalue weighted by atomic mass is 35.5. The molecule has 0 spiro atoms. The average molecular weight is 377 g/mol. The van der Waals surface area contributed by atoms with Gasteiger partial charge in [0.1, 0.15) is 17.3 Å². The first-order valence-electron chi connectivity index (χ1n) is 7.12. The molecule has 0 saturated heterocycles. The summed E-state index contributed by atoms with van der Waals surface area (Å²) in [5.74, 6) is -0.410. The lowest BCUT2D eigenvalue weighted by molar-refractivity contribution is 0.102. The third-order valence-corrected chi connectivity index (χ3v) is 3.73. The summed E-state index contributed by atoms with van der Waals surface area (Å²) >= 11 is 11.9. The molecule has 0 fully saturated rings. The number of amides is 1. The number of aromatic nitrogens is 2. The first-order valence-corrected chi connectivity index (χ1v) is 7.88. The number of hydrogen-bond acceptors (Lipinski definition) is 4. The zero-order valence-corrected chi connectivity index (χ0v) is 14.1. The van der Waals surface area contributed by atoms with Gasteiger partial charge in [-0.1, -0.05) is 23.2 Å². The van der Waals surface area contributed by atoms with Gasteiger partial charge in [0.15, 0.2) is 0 Å². The van der Waals surface area contributed by atoms with Crippen molar-refractivity contribution in [2.75, 3.05) is 10.6 Å². The Hall–Kier alpha value is -2.70. The van der Waals surface area contributed by atoms with Crippen LogP contribution in [0.4, 0.5) is 21.6 Å². The molecule has 0 atom stereocenters. The van der Waals surface area contributed by atoms with E-state index in [9.17, 15) is 9.18 Å². The first-order chi connectivity index (χ1) is 12.0. The Morgan fingerprint density at radius 2 is 1.76 bits per heavy atom. The van der Waals surface area contributed by atoms with Gasteiger partial charge in [0.25, 0.3) is 5.91 Å². The molecule has 126 valence electrons. The summed E-state index contributed by atoms with van der Waals surface area (Å²) in [6, 6.07) is 10.4. The summed E-state index contributed by atoms with van der Waals surface area (Å²) in [4.78, 5) is 20.3. The summed E-state index contributed by atoms with van der Waals surface area (Å²) in [6.45, 7) is 0. The molecule has 0 saturated carbocycles. The minimum atomic E-state index is -0.449. The maximum absolute atomic E-state index is 12.9. The minimum Gasteiger partial charge on any atom is -0.338 e. The van der Waals surface area contributed by atoms with Gasteiger partial charge in [-0.05, 0) is 42.5 Å².